The average Bonchev–Trinajstić information content (AvgIpc) is 2.95. The van der Waals surface area contributed by atoms with Gasteiger partial charge in [0, 0.05) is 0 Å². The Morgan fingerprint density at radius 3 is 2.61 bits per heavy atom. The molecule has 3 rings (SSSR count). The highest BCUT2D eigenvalue weighted by Gasteiger charge is 2.29. The smallest absolute Gasteiger partial charge is 0.335 e. The van der Waals surface area contributed by atoms with Crippen LogP contribution in [0.3, 0.4) is 0 Å². The Bertz CT molecular complexity index is 1030. The minimum Gasteiger partial charge on any atom is -0.493 e. The Hall–Kier alpha value is -3.32. The lowest BCUT2D eigenvalue weighted by Gasteiger charge is -2.12. The van der Waals surface area contributed by atoms with Crippen molar-refractivity contribution in [3.8, 4) is 11.5 Å². The van der Waals surface area contributed by atoms with Crippen LogP contribution in [-0.4, -0.2) is 36.9 Å². The molecule has 0 saturated heterocycles. The van der Waals surface area contributed by atoms with Crippen molar-refractivity contribution in [2.75, 3.05) is 19.2 Å². The summed E-state index contributed by atoms with van der Waals surface area (Å²) in [5.41, 5.74) is 1.95. The Labute approximate surface area is 166 Å². The summed E-state index contributed by atoms with van der Waals surface area (Å²) in [6.45, 7) is 1.70. The van der Waals surface area contributed by atoms with Gasteiger partial charge in [0.1, 0.15) is 0 Å². The molecule has 0 aliphatic carbocycles. The van der Waals surface area contributed by atoms with Gasteiger partial charge in [0.2, 0.25) is 0 Å². The van der Waals surface area contributed by atoms with Gasteiger partial charge in [-0.2, -0.15) is 10.1 Å². The van der Waals surface area contributed by atoms with Gasteiger partial charge in [0.25, 0.3) is 5.91 Å². The number of rotatable bonds is 5. The van der Waals surface area contributed by atoms with E-state index in [0.717, 1.165) is 0 Å². The van der Waals surface area contributed by atoms with Crippen LogP contribution < -0.4 is 14.5 Å². The fourth-order valence-corrected chi connectivity index (χ4v) is 3.11. The number of methoxy groups -OCH3 is 2. The standard InChI is InChI=1S/C20H17ClN2O5/c1-11-15(7-12-8-16(21)18(28-3)17(9-12)27-2)19(24)23(22-11)14-6-4-5-13(10-14)20(25)26/h4-10H,1-3H3,(H,25,26)/b15-7+. The lowest BCUT2D eigenvalue weighted by Crippen LogP contribution is -2.21. The zero-order chi connectivity index (χ0) is 20.4. The molecule has 1 amide bonds. The number of benzene rings is 2. The van der Waals surface area contributed by atoms with Gasteiger partial charge in [-0.25, -0.2) is 4.79 Å². The van der Waals surface area contributed by atoms with Crippen LogP contribution in [0.25, 0.3) is 6.08 Å². The van der Waals surface area contributed by atoms with E-state index in [2.05, 4.69) is 5.10 Å². The molecule has 1 N–H and O–H groups in total. The Kier molecular flexibility index (Phi) is 5.37. The lowest BCUT2D eigenvalue weighted by molar-refractivity contribution is -0.114. The minimum atomic E-state index is -1.08. The molecule has 2 aromatic rings. The summed E-state index contributed by atoms with van der Waals surface area (Å²) in [6, 6.07) is 9.39. The number of anilines is 1. The van der Waals surface area contributed by atoms with Gasteiger partial charge in [-0.3, -0.25) is 4.79 Å². The van der Waals surface area contributed by atoms with Crippen LogP contribution in [0.15, 0.2) is 47.1 Å². The summed E-state index contributed by atoms with van der Waals surface area (Å²) >= 11 is 6.23. The third kappa shape index (κ3) is 3.57. The fraction of sp³-hybridized carbons (Fsp3) is 0.150. The third-order valence-corrected chi connectivity index (χ3v) is 4.45. The van der Waals surface area contributed by atoms with Crippen molar-refractivity contribution in [3.05, 3.63) is 58.1 Å². The van der Waals surface area contributed by atoms with Crippen LogP contribution in [0.1, 0.15) is 22.8 Å². The van der Waals surface area contributed by atoms with E-state index in [-0.39, 0.29) is 11.5 Å². The maximum absolute atomic E-state index is 12.9. The highest BCUT2D eigenvalue weighted by molar-refractivity contribution is 6.33. The normalized spacial score (nSPS) is 15.0. The van der Waals surface area contributed by atoms with Crippen LogP contribution in [0.2, 0.25) is 5.02 Å². The highest BCUT2D eigenvalue weighted by Crippen LogP contribution is 2.37. The molecule has 144 valence electrons. The number of carbonyl (C=O) groups excluding carboxylic acids is 1. The Balaban J connectivity index is 1.98. The van der Waals surface area contributed by atoms with Crippen molar-refractivity contribution in [2.45, 2.75) is 6.92 Å². The maximum Gasteiger partial charge on any atom is 0.335 e. The van der Waals surface area contributed by atoms with Gasteiger partial charge < -0.3 is 14.6 Å². The molecule has 0 atom stereocenters. The number of hydrogen-bond donors (Lipinski definition) is 1. The average molecular weight is 401 g/mol. The molecular weight excluding hydrogens is 384 g/mol. The number of hydrazone groups is 1. The molecule has 0 unspecified atom stereocenters. The van der Waals surface area contributed by atoms with Gasteiger partial charge in [0.05, 0.1) is 41.8 Å². The van der Waals surface area contributed by atoms with Crippen molar-refractivity contribution < 1.29 is 24.2 Å². The molecule has 1 heterocycles. The lowest BCUT2D eigenvalue weighted by atomic mass is 10.1. The predicted octanol–water partition coefficient (Wildman–Crippen LogP) is 3.86. The molecule has 8 heteroatoms. The monoisotopic (exact) mass is 400 g/mol. The number of ether oxygens (including phenoxy) is 2. The second kappa shape index (κ2) is 7.74. The molecule has 0 spiro atoms. The zero-order valence-electron chi connectivity index (χ0n) is 15.4. The van der Waals surface area contributed by atoms with Crippen molar-refractivity contribution in [3.63, 3.8) is 0 Å². The summed E-state index contributed by atoms with van der Waals surface area (Å²) < 4.78 is 10.5. The Morgan fingerprint density at radius 1 is 1.21 bits per heavy atom. The number of hydrogen-bond acceptors (Lipinski definition) is 5. The number of amides is 1. The molecule has 28 heavy (non-hydrogen) atoms. The molecule has 7 nitrogen and oxygen atoms in total. The number of carboxylic acid groups (broad SMARTS) is 1. The SMILES string of the molecule is COc1cc(/C=C2/C(=O)N(c3cccc(C(=O)O)c3)N=C2C)cc(Cl)c1OC. The van der Waals surface area contributed by atoms with Gasteiger partial charge in [-0.1, -0.05) is 17.7 Å². The van der Waals surface area contributed by atoms with E-state index in [1.807, 2.05) is 0 Å². The highest BCUT2D eigenvalue weighted by atomic mass is 35.5. The molecule has 2 aromatic carbocycles. The predicted molar refractivity (Wildman–Crippen MR) is 107 cm³/mol. The number of nitrogens with zero attached hydrogens (tertiary/aromatic N) is 2. The van der Waals surface area contributed by atoms with E-state index in [1.165, 1.54) is 31.4 Å². The summed E-state index contributed by atoms with van der Waals surface area (Å²) in [5, 5.41) is 14.9. The van der Waals surface area contributed by atoms with Crippen molar-refractivity contribution in [2.24, 2.45) is 5.10 Å². The number of halogens is 1. The first-order chi connectivity index (χ1) is 13.3. The van der Waals surface area contributed by atoms with Crippen LogP contribution in [0.4, 0.5) is 5.69 Å². The van der Waals surface area contributed by atoms with Crippen molar-refractivity contribution in [1.29, 1.82) is 0 Å². The molecule has 0 fully saturated rings. The summed E-state index contributed by atoms with van der Waals surface area (Å²) in [5.74, 6) is -0.606. The van der Waals surface area contributed by atoms with Crippen LogP contribution in [-0.2, 0) is 4.79 Å². The summed E-state index contributed by atoms with van der Waals surface area (Å²) in [7, 11) is 2.98. The van der Waals surface area contributed by atoms with Crippen molar-refractivity contribution in [1.82, 2.24) is 0 Å². The fourth-order valence-electron chi connectivity index (χ4n) is 2.82. The van der Waals surface area contributed by atoms with Gasteiger partial charge in [-0.05, 0) is 48.9 Å². The van der Waals surface area contributed by atoms with E-state index < -0.39 is 5.97 Å². The molecule has 0 radical (unpaired) electrons. The van der Waals surface area contributed by atoms with Crippen molar-refractivity contribution >= 4 is 41.0 Å². The van der Waals surface area contributed by atoms with E-state index in [4.69, 9.17) is 26.2 Å². The van der Waals surface area contributed by atoms with Gasteiger partial charge >= 0.3 is 5.97 Å². The third-order valence-electron chi connectivity index (χ3n) is 4.17. The number of aromatic carboxylic acids is 1. The molecular formula is C20H17ClN2O5. The summed E-state index contributed by atoms with van der Waals surface area (Å²) in [4.78, 5) is 24.0. The largest absolute Gasteiger partial charge is 0.493 e. The van der Waals surface area contributed by atoms with E-state index >= 15 is 0 Å². The van der Waals surface area contributed by atoms with Crippen LogP contribution in [0.5, 0.6) is 11.5 Å². The molecule has 0 bridgehead atoms. The Morgan fingerprint density at radius 2 is 1.96 bits per heavy atom. The first kappa shape index (κ1) is 19.4. The first-order valence-corrected chi connectivity index (χ1v) is 8.60. The van der Waals surface area contributed by atoms with E-state index in [0.29, 0.717) is 39.1 Å². The molecule has 0 saturated carbocycles. The van der Waals surface area contributed by atoms with E-state index in [9.17, 15) is 9.59 Å². The van der Waals surface area contributed by atoms with Crippen LogP contribution >= 0.6 is 11.6 Å². The van der Waals surface area contributed by atoms with Gasteiger partial charge in [0.15, 0.2) is 11.5 Å². The number of carboxylic acids is 1. The quantitative estimate of drug-likeness (QED) is 0.770. The first-order valence-electron chi connectivity index (χ1n) is 8.22. The topological polar surface area (TPSA) is 88.4 Å². The second-order valence-corrected chi connectivity index (χ2v) is 6.36. The summed E-state index contributed by atoms with van der Waals surface area (Å²) in [6.07, 6.45) is 1.65. The second-order valence-electron chi connectivity index (χ2n) is 5.95. The van der Waals surface area contributed by atoms with Crippen LogP contribution in [0, 0.1) is 0 Å². The molecule has 0 aromatic heterocycles. The minimum absolute atomic E-state index is 0.0715. The van der Waals surface area contributed by atoms with E-state index in [1.54, 1.807) is 37.3 Å². The van der Waals surface area contributed by atoms with Gasteiger partial charge in [-0.15, -0.1) is 0 Å². The maximum atomic E-state index is 12.9. The molecule has 1 aliphatic rings. The molecule has 1 aliphatic heterocycles. The number of carbonyl (C=O) groups is 2. The zero-order valence-corrected chi connectivity index (χ0v) is 16.1.